The van der Waals surface area contributed by atoms with E-state index < -0.39 is 4.92 Å². The van der Waals surface area contributed by atoms with Crippen LogP contribution in [0, 0.1) is 10.1 Å². The minimum absolute atomic E-state index is 0.0133. The molecule has 0 aliphatic carbocycles. The van der Waals surface area contributed by atoms with Crippen molar-refractivity contribution in [1.29, 1.82) is 0 Å². The quantitative estimate of drug-likeness (QED) is 0.426. The van der Waals surface area contributed by atoms with Crippen molar-refractivity contribution in [3.63, 3.8) is 0 Å². The SMILES string of the molecule is O=[N+]([O-])c1cccc(-c2ccc3nnc(-c4ccco4)n3n2)c1. The highest BCUT2D eigenvalue weighted by molar-refractivity contribution is 5.64. The Morgan fingerprint density at radius 3 is 2.78 bits per heavy atom. The van der Waals surface area contributed by atoms with Crippen molar-refractivity contribution in [2.24, 2.45) is 0 Å². The summed E-state index contributed by atoms with van der Waals surface area (Å²) in [6, 6.07) is 13.3. The van der Waals surface area contributed by atoms with Crippen LogP contribution in [-0.2, 0) is 0 Å². The lowest BCUT2D eigenvalue weighted by Crippen LogP contribution is -1.97. The molecule has 0 fully saturated rings. The molecule has 23 heavy (non-hydrogen) atoms. The van der Waals surface area contributed by atoms with Crippen LogP contribution in [0.15, 0.2) is 59.2 Å². The van der Waals surface area contributed by atoms with E-state index in [0.29, 0.717) is 28.5 Å². The van der Waals surface area contributed by atoms with E-state index in [9.17, 15) is 10.1 Å². The van der Waals surface area contributed by atoms with Crippen molar-refractivity contribution < 1.29 is 9.34 Å². The molecule has 4 aromatic rings. The third kappa shape index (κ3) is 2.22. The van der Waals surface area contributed by atoms with Crippen molar-refractivity contribution >= 4 is 11.3 Å². The van der Waals surface area contributed by atoms with Gasteiger partial charge in [0.1, 0.15) is 0 Å². The Morgan fingerprint density at radius 2 is 2.00 bits per heavy atom. The fraction of sp³-hybridized carbons (Fsp3) is 0. The summed E-state index contributed by atoms with van der Waals surface area (Å²) >= 11 is 0. The molecule has 0 saturated carbocycles. The van der Waals surface area contributed by atoms with Crippen molar-refractivity contribution in [2.75, 3.05) is 0 Å². The monoisotopic (exact) mass is 307 g/mol. The Hall–Kier alpha value is -3.55. The number of fused-ring (bicyclic) bond motifs is 1. The number of hydrogen-bond acceptors (Lipinski definition) is 6. The number of furan rings is 1. The Balaban J connectivity index is 1.87. The molecule has 0 N–H and O–H groups in total. The zero-order chi connectivity index (χ0) is 15.8. The van der Waals surface area contributed by atoms with Crippen LogP contribution in [0.3, 0.4) is 0 Å². The Bertz CT molecular complexity index is 1010. The second-order valence-electron chi connectivity index (χ2n) is 4.80. The van der Waals surface area contributed by atoms with Crippen LogP contribution in [0.25, 0.3) is 28.5 Å². The molecule has 0 atom stereocenters. The van der Waals surface area contributed by atoms with Gasteiger partial charge in [0.25, 0.3) is 5.69 Å². The second-order valence-corrected chi connectivity index (χ2v) is 4.80. The van der Waals surface area contributed by atoms with Crippen LogP contribution < -0.4 is 0 Å². The van der Waals surface area contributed by atoms with Gasteiger partial charge in [-0.05, 0) is 24.3 Å². The maximum Gasteiger partial charge on any atom is 0.270 e. The van der Waals surface area contributed by atoms with Gasteiger partial charge in [0, 0.05) is 17.7 Å². The molecular weight excluding hydrogens is 298 g/mol. The van der Waals surface area contributed by atoms with Crippen molar-refractivity contribution in [3.05, 3.63) is 64.9 Å². The largest absolute Gasteiger partial charge is 0.461 e. The molecule has 0 aliphatic rings. The summed E-state index contributed by atoms with van der Waals surface area (Å²) in [6.45, 7) is 0. The zero-order valence-corrected chi connectivity index (χ0v) is 11.7. The Labute approximate surface area is 129 Å². The van der Waals surface area contributed by atoms with Crippen LogP contribution in [0.4, 0.5) is 5.69 Å². The highest BCUT2D eigenvalue weighted by Crippen LogP contribution is 2.24. The van der Waals surface area contributed by atoms with E-state index in [1.54, 1.807) is 47.2 Å². The summed E-state index contributed by atoms with van der Waals surface area (Å²) < 4.78 is 6.88. The fourth-order valence-corrected chi connectivity index (χ4v) is 2.28. The lowest BCUT2D eigenvalue weighted by atomic mass is 10.1. The lowest BCUT2D eigenvalue weighted by Gasteiger charge is -2.02. The first-order chi connectivity index (χ1) is 11.2. The molecule has 112 valence electrons. The van der Waals surface area contributed by atoms with Gasteiger partial charge in [-0.25, -0.2) is 0 Å². The molecule has 0 spiro atoms. The molecule has 0 bridgehead atoms. The minimum Gasteiger partial charge on any atom is -0.461 e. The molecule has 8 nitrogen and oxygen atoms in total. The lowest BCUT2D eigenvalue weighted by molar-refractivity contribution is -0.384. The van der Waals surface area contributed by atoms with Crippen LogP contribution in [0.1, 0.15) is 0 Å². The molecular formula is C15H9N5O3. The Morgan fingerprint density at radius 1 is 1.09 bits per heavy atom. The third-order valence-corrected chi connectivity index (χ3v) is 3.36. The van der Waals surface area contributed by atoms with E-state index in [1.165, 1.54) is 12.1 Å². The summed E-state index contributed by atoms with van der Waals surface area (Å²) in [6.07, 6.45) is 1.54. The first-order valence-corrected chi connectivity index (χ1v) is 6.73. The number of aromatic nitrogens is 4. The number of benzene rings is 1. The third-order valence-electron chi connectivity index (χ3n) is 3.36. The predicted octanol–water partition coefficient (Wildman–Crippen LogP) is 2.96. The molecule has 0 radical (unpaired) electrons. The maximum absolute atomic E-state index is 10.9. The smallest absolute Gasteiger partial charge is 0.270 e. The van der Waals surface area contributed by atoms with E-state index >= 15 is 0 Å². The summed E-state index contributed by atoms with van der Waals surface area (Å²) in [7, 11) is 0. The molecule has 0 amide bonds. The summed E-state index contributed by atoms with van der Waals surface area (Å²) in [4.78, 5) is 10.5. The Kier molecular flexibility index (Phi) is 2.87. The number of nitrogens with zero attached hydrogens (tertiary/aromatic N) is 5. The number of non-ortho nitro benzene ring substituents is 1. The first-order valence-electron chi connectivity index (χ1n) is 6.73. The van der Waals surface area contributed by atoms with Gasteiger partial charge >= 0.3 is 0 Å². The highest BCUT2D eigenvalue weighted by atomic mass is 16.6. The number of hydrogen-bond donors (Lipinski definition) is 0. The minimum atomic E-state index is -0.435. The average molecular weight is 307 g/mol. The standard InChI is InChI=1S/C15H9N5O3/c21-20(22)11-4-1-3-10(9-11)12-6-7-14-16-17-15(19(14)18-12)13-5-2-8-23-13/h1-9H. The molecule has 0 unspecified atom stereocenters. The van der Waals surface area contributed by atoms with Crippen LogP contribution in [0.5, 0.6) is 0 Å². The van der Waals surface area contributed by atoms with Gasteiger partial charge in [-0.1, -0.05) is 12.1 Å². The summed E-state index contributed by atoms with van der Waals surface area (Å²) in [5.41, 5.74) is 1.79. The normalized spacial score (nSPS) is 11.0. The molecule has 0 aliphatic heterocycles. The predicted molar refractivity (Wildman–Crippen MR) is 80.6 cm³/mol. The average Bonchev–Trinajstić information content (AvgIpc) is 3.23. The molecule has 1 aromatic carbocycles. The van der Waals surface area contributed by atoms with Crippen LogP contribution in [0.2, 0.25) is 0 Å². The van der Waals surface area contributed by atoms with E-state index in [2.05, 4.69) is 15.3 Å². The molecule has 3 heterocycles. The van der Waals surface area contributed by atoms with E-state index in [0.717, 1.165) is 0 Å². The van der Waals surface area contributed by atoms with Crippen LogP contribution >= 0.6 is 0 Å². The van der Waals surface area contributed by atoms with Crippen molar-refractivity contribution in [3.8, 4) is 22.8 Å². The number of nitro benzene ring substituents is 1. The number of nitro groups is 1. The van der Waals surface area contributed by atoms with E-state index in [-0.39, 0.29) is 5.69 Å². The topological polar surface area (TPSA) is 99.4 Å². The van der Waals surface area contributed by atoms with Gasteiger partial charge in [-0.15, -0.1) is 10.2 Å². The van der Waals surface area contributed by atoms with E-state index in [4.69, 9.17) is 4.42 Å². The fourth-order valence-electron chi connectivity index (χ4n) is 2.28. The second kappa shape index (κ2) is 5.02. The number of rotatable bonds is 3. The first kappa shape index (κ1) is 13.1. The van der Waals surface area contributed by atoms with Gasteiger partial charge in [0.15, 0.2) is 11.4 Å². The molecule has 0 saturated heterocycles. The molecule has 4 rings (SSSR count). The van der Waals surface area contributed by atoms with Gasteiger partial charge in [-0.2, -0.15) is 9.61 Å². The summed E-state index contributed by atoms with van der Waals surface area (Å²) in [5.74, 6) is 1.01. The van der Waals surface area contributed by atoms with Crippen molar-refractivity contribution in [2.45, 2.75) is 0 Å². The highest BCUT2D eigenvalue weighted by Gasteiger charge is 2.14. The zero-order valence-electron chi connectivity index (χ0n) is 11.7. The van der Waals surface area contributed by atoms with E-state index in [1.807, 2.05) is 0 Å². The maximum atomic E-state index is 10.9. The van der Waals surface area contributed by atoms with Gasteiger partial charge < -0.3 is 4.42 Å². The van der Waals surface area contributed by atoms with Gasteiger partial charge in [0.05, 0.1) is 16.9 Å². The van der Waals surface area contributed by atoms with Crippen LogP contribution in [-0.4, -0.2) is 24.7 Å². The summed E-state index contributed by atoms with van der Waals surface area (Å²) in [5, 5.41) is 23.5. The molecule has 8 heteroatoms. The van der Waals surface area contributed by atoms with Gasteiger partial charge in [0.2, 0.25) is 5.82 Å². The molecule has 3 aromatic heterocycles. The van der Waals surface area contributed by atoms with Crippen molar-refractivity contribution in [1.82, 2.24) is 19.8 Å². The van der Waals surface area contributed by atoms with Gasteiger partial charge in [-0.3, -0.25) is 10.1 Å².